The van der Waals surface area contributed by atoms with E-state index in [1.165, 1.54) is 0 Å². The Kier molecular flexibility index (Phi) is 5.24. The molecule has 20 heavy (non-hydrogen) atoms. The van der Waals surface area contributed by atoms with Crippen molar-refractivity contribution in [2.45, 2.75) is 39.7 Å². The summed E-state index contributed by atoms with van der Waals surface area (Å²) < 4.78 is 6.85. The van der Waals surface area contributed by atoms with Crippen LogP contribution in [0.4, 0.5) is 16.3 Å². The lowest BCUT2D eigenvalue weighted by molar-refractivity contribution is 0.0530. The van der Waals surface area contributed by atoms with Crippen LogP contribution in [0, 0.1) is 0 Å². The van der Waals surface area contributed by atoms with Crippen molar-refractivity contribution < 1.29 is 9.53 Å². The van der Waals surface area contributed by atoms with Crippen molar-refractivity contribution in [1.82, 2.24) is 15.1 Å². The molecule has 0 saturated carbocycles. The molecule has 114 valence electrons. The molecule has 0 spiro atoms. The second-order valence-electron chi connectivity index (χ2n) is 5.54. The third-order valence-electron chi connectivity index (χ3n) is 2.58. The number of amides is 1. The van der Waals surface area contributed by atoms with Gasteiger partial charge in [-0.15, -0.1) is 0 Å². The number of aryl methyl sites for hydroxylation is 2. The molecule has 1 aromatic rings. The molecule has 1 rings (SSSR count). The summed E-state index contributed by atoms with van der Waals surface area (Å²) in [6.45, 7) is 8.48. The van der Waals surface area contributed by atoms with E-state index in [0.29, 0.717) is 18.8 Å². The van der Waals surface area contributed by atoms with Gasteiger partial charge in [0.2, 0.25) is 0 Å². The maximum atomic E-state index is 11.5. The average molecular weight is 283 g/mol. The highest BCUT2D eigenvalue weighted by Crippen LogP contribution is 2.21. The van der Waals surface area contributed by atoms with Gasteiger partial charge in [-0.1, -0.05) is 6.92 Å². The Bertz CT molecular complexity index is 462. The van der Waals surface area contributed by atoms with Gasteiger partial charge < -0.3 is 21.1 Å². The Balaban J connectivity index is 2.39. The van der Waals surface area contributed by atoms with E-state index in [1.54, 1.807) is 4.68 Å². The van der Waals surface area contributed by atoms with Gasteiger partial charge >= 0.3 is 6.09 Å². The molecular formula is C13H25N5O2. The smallest absolute Gasteiger partial charge is 0.407 e. The first-order valence-corrected chi connectivity index (χ1v) is 6.76. The van der Waals surface area contributed by atoms with Crippen molar-refractivity contribution in [3.8, 4) is 0 Å². The summed E-state index contributed by atoms with van der Waals surface area (Å²) in [5.41, 5.74) is 7.03. The Morgan fingerprint density at radius 2 is 2.05 bits per heavy atom. The molecule has 4 N–H and O–H groups in total. The molecule has 0 bridgehead atoms. The number of carbonyl (C=O) groups excluding carboxylic acids is 1. The van der Waals surface area contributed by atoms with Gasteiger partial charge in [-0.05, 0) is 27.2 Å². The predicted octanol–water partition coefficient (Wildman–Crippen LogP) is 1.50. The molecule has 0 aliphatic carbocycles. The normalized spacial score (nSPS) is 11.2. The van der Waals surface area contributed by atoms with Crippen molar-refractivity contribution in [2.24, 2.45) is 7.05 Å². The second-order valence-corrected chi connectivity index (χ2v) is 5.54. The number of aromatic nitrogens is 2. The maximum Gasteiger partial charge on any atom is 0.407 e. The number of ether oxygens (including phenoxy) is 1. The Labute approximate surface area is 119 Å². The molecule has 0 aliphatic rings. The summed E-state index contributed by atoms with van der Waals surface area (Å²) in [7, 11) is 1.83. The molecule has 0 unspecified atom stereocenters. The van der Waals surface area contributed by atoms with E-state index in [2.05, 4.69) is 15.7 Å². The van der Waals surface area contributed by atoms with Gasteiger partial charge in [-0.3, -0.25) is 4.68 Å². The highest BCUT2D eigenvalue weighted by atomic mass is 16.6. The van der Waals surface area contributed by atoms with Crippen LogP contribution >= 0.6 is 0 Å². The average Bonchev–Trinajstić information content (AvgIpc) is 2.58. The number of carbonyl (C=O) groups is 1. The lowest BCUT2D eigenvalue weighted by atomic mass is 10.2. The topological polar surface area (TPSA) is 94.2 Å². The minimum absolute atomic E-state index is 0.425. The second kappa shape index (κ2) is 6.49. The highest BCUT2D eigenvalue weighted by Gasteiger charge is 2.15. The van der Waals surface area contributed by atoms with Gasteiger partial charge in [-0.2, -0.15) is 5.10 Å². The Morgan fingerprint density at radius 1 is 1.40 bits per heavy atom. The Hall–Kier alpha value is -1.92. The van der Waals surface area contributed by atoms with Crippen LogP contribution in [0.15, 0.2) is 0 Å². The summed E-state index contributed by atoms with van der Waals surface area (Å²) >= 11 is 0. The van der Waals surface area contributed by atoms with Gasteiger partial charge in [0.15, 0.2) is 0 Å². The summed E-state index contributed by atoms with van der Waals surface area (Å²) in [4.78, 5) is 11.5. The standard InChI is InChI=1S/C13H25N5O2/c1-6-9-10(14)11(18(5)17-9)15-7-8-16-12(19)20-13(2,3)4/h15H,6-8,14H2,1-5H3,(H,16,19). The lowest BCUT2D eigenvalue weighted by Crippen LogP contribution is -2.35. The predicted molar refractivity (Wildman–Crippen MR) is 79.7 cm³/mol. The summed E-state index contributed by atoms with van der Waals surface area (Å²) in [5, 5.41) is 10.1. The number of nitrogens with two attached hydrogens (primary N) is 1. The molecule has 7 heteroatoms. The van der Waals surface area contributed by atoms with Crippen LogP contribution in [-0.4, -0.2) is 34.6 Å². The summed E-state index contributed by atoms with van der Waals surface area (Å²) in [5.74, 6) is 0.771. The highest BCUT2D eigenvalue weighted by molar-refractivity contribution is 5.68. The molecule has 1 heterocycles. The number of anilines is 2. The molecule has 1 aromatic heterocycles. The quantitative estimate of drug-likeness (QED) is 0.712. The van der Waals surface area contributed by atoms with Crippen molar-refractivity contribution >= 4 is 17.6 Å². The largest absolute Gasteiger partial charge is 0.444 e. The summed E-state index contributed by atoms with van der Waals surface area (Å²) in [6.07, 6.45) is 0.365. The Morgan fingerprint density at radius 3 is 2.55 bits per heavy atom. The van der Waals surface area contributed by atoms with Crippen molar-refractivity contribution in [3.05, 3.63) is 5.69 Å². The third-order valence-corrected chi connectivity index (χ3v) is 2.58. The molecule has 0 saturated heterocycles. The number of rotatable bonds is 5. The van der Waals surface area contributed by atoms with Crippen molar-refractivity contribution in [1.29, 1.82) is 0 Å². The van der Waals surface area contributed by atoms with E-state index >= 15 is 0 Å². The van der Waals surface area contributed by atoms with Gasteiger partial charge in [0.1, 0.15) is 11.4 Å². The monoisotopic (exact) mass is 283 g/mol. The third kappa shape index (κ3) is 4.64. The number of hydrogen-bond donors (Lipinski definition) is 3. The SMILES string of the molecule is CCc1nn(C)c(NCCNC(=O)OC(C)(C)C)c1N. The molecule has 0 fully saturated rings. The first-order valence-electron chi connectivity index (χ1n) is 6.76. The zero-order valence-corrected chi connectivity index (χ0v) is 12.9. The van der Waals surface area contributed by atoms with Crippen LogP contribution < -0.4 is 16.4 Å². The van der Waals surface area contributed by atoms with Crippen LogP contribution in [0.25, 0.3) is 0 Å². The van der Waals surface area contributed by atoms with Crippen LogP contribution in [0.1, 0.15) is 33.4 Å². The molecule has 0 atom stereocenters. The zero-order chi connectivity index (χ0) is 15.3. The van der Waals surface area contributed by atoms with E-state index in [-0.39, 0.29) is 0 Å². The fourth-order valence-corrected chi connectivity index (χ4v) is 1.73. The van der Waals surface area contributed by atoms with Crippen LogP contribution in [0.2, 0.25) is 0 Å². The first-order chi connectivity index (χ1) is 9.24. The maximum absolute atomic E-state index is 11.5. The number of hydrogen-bond acceptors (Lipinski definition) is 5. The van der Waals surface area contributed by atoms with E-state index in [0.717, 1.165) is 17.9 Å². The van der Waals surface area contributed by atoms with E-state index in [9.17, 15) is 4.79 Å². The molecule has 1 amide bonds. The van der Waals surface area contributed by atoms with Gasteiger partial charge in [0.25, 0.3) is 0 Å². The number of alkyl carbamates (subject to hydrolysis) is 1. The van der Waals surface area contributed by atoms with Gasteiger partial charge in [0.05, 0.1) is 11.4 Å². The van der Waals surface area contributed by atoms with Crippen LogP contribution in [0.5, 0.6) is 0 Å². The lowest BCUT2D eigenvalue weighted by Gasteiger charge is -2.19. The fraction of sp³-hybridized carbons (Fsp3) is 0.692. The minimum Gasteiger partial charge on any atom is -0.444 e. The van der Waals surface area contributed by atoms with Gasteiger partial charge in [-0.25, -0.2) is 4.79 Å². The number of nitrogens with one attached hydrogen (secondary N) is 2. The van der Waals surface area contributed by atoms with E-state index in [4.69, 9.17) is 10.5 Å². The van der Waals surface area contributed by atoms with Crippen molar-refractivity contribution in [2.75, 3.05) is 24.1 Å². The number of nitrogen functional groups attached to an aromatic ring is 1. The van der Waals surface area contributed by atoms with Crippen molar-refractivity contribution in [3.63, 3.8) is 0 Å². The minimum atomic E-state index is -0.486. The zero-order valence-electron chi connectivity index (χ0n) is 12.9. The van der Waals surface area contributed by atoms with Gasteiger partial charge in [0, 0.05) is 20.1 Å². The van der Waals surface area contributed by atoms with Crippen LogP contribution in [0.3, 0.4) is 0 Å². The first kappa shape index (κ1) is 16.1. The fourth-order valence-electron chi connectivity index (χ4n) is 1.73. The molecular weight excluding hydrogens is 258 g/mol. The molecule has 7 nitrogen and oxygen atoms in total. The van der Waals surface area contributed by atoms with E-state index in [1.807, 2.05) is 34.7 Å². The molecule has 0 aliphatic heterocycles. The van der Waals surface area contributed by atoms with Crippen LogP contribution in [-0.2, 0) is 18.2 Å². The summed E-state index contributed by atoms with van der Waals surface area (Å²) in [6, 6.07) is 0. The molecule has 0 radical (unpaired) electrons. The van der Waals surface area contributed by atoms with E-state index < -0.39 is 11.7 Å². The number of nitrogens with zero attached hydrogens (tertiary/aromatic N) is 2. The molecule has 0 aromatic carbocycles.